The molecule has 1 fully saturated rings. The Bertz CT molecular complexity index is 116. The maximum absolute atomic E-state index is 5.01. The largest absolute Gasteiger partial charge is 0.384 e. The standard InChI is InChI=1S/C10H21NO/c1-9-4-5-10(8-9)11-6-3-7-12-2/h9-11H,3-8H2,1-2H3/p+1/t9-,10+/m1/s1. The van der Waals surface area contributed by atoms with Crippen LogP contribution in [0.3, 0.4) is 0 Å². The lowest BCUT2D eigenvalue weighted by Crippen LogP contribution is -2.89. The number of hydrogen-bond donors (Lipinski definition) is 1. The quantitative estimate of drug-likeness (QED) is 0.609. The molecule has 1 aliphatic rings. The van der Waals surface area contributed by atoms with Gasteiger partial charge in [0, 0.05) is 20.0 Å². The van der Waals surface area contributed by atoms with Gasteiger partial charge >= 0.3 is 0 Å². The number of nitrogens with two attached hydrogens (primary N) is 1. The van der Waals surface area contributed by atoms with E-state index in [1.807, 2.05) is 0 Å². The Hall–Kier alpha value is -0.0800. The molecule has 0 radical (unpaired) electrons. The Morgan fingerprint density at radius 3 is 2.83 bits per heavy atom. The lowest BCUT2D eigenvalue weighted by atomic mass is 10.1. The average molecular weight is 172 g/mol. The van der Waals surface area contributed by atoms with Crippen LogP contribution in [0.2, 0.25) is 0 Å². The minimum atomic E-state index is 0.914. The van der Waals surface area contributed by atoms with Crippen molar-refractivity contribution in [3.8, 4) is 0 Å². The summed E-state index contributed by atoms with van der Waals surface area (Å²) in [6.07, 6.45) is 5.48. The van der Waals surface area contributed by atoms with Gasteiger partial charge < -0.3 is 10.1 Å². The van der Waals surface area contributed by atoms with Crippen molar-refractivity contribution in [1.29, 1.82) is 0 Å². The van der Waals surface area contributed by atoms with Crippen LogP contribution >= 0.6 is 0 Å². The van der Waals surface area contributed by atoms with Crippen molar-refractivity contribution < 1.29 is 10.1 Å². The highest BCUT2D eigenvalue weighted by atomic mass is 16.5. The van der Waals surface area contributed by atoms with E-state index < -0.39 is 0 Å². The second kappa shape index (κ2) is 5.55. The van der Waals surface area contributed by atoms with E-state index >= 15 is 0 Å². The summed E-state index contributed by atoms with van der Waals surface area (Å²) in [6, 6.07) is 0.914. The molecule has 0 spiro atoms. The fraction of sp³-hybridized carbons (Fsp3) is 1.00. The zero-order chi connectivity index (χ0) is 8.81. The maximum Gasteiger partial charge on any atom is 0.0861 e. The van der Waals surface area contributed by atoms with E-state index in [1.165, 1.54) is 32.2 Å². The maximum atomic E-state index is 5.01. The normalized spacial score (nSPS) is 29.5. The zero-order valence-electron chi connectivity index (χ0n) is 8.38. The molecule has 0 saturated heterocycles. The fourth-order valence-corrected chi connectivity index (χ4v) is 2.05. The van der Waals surface area contributed by atoms with Crippen LogP contribution in [0, 0.1) is 5.92 Å². The third-order valence-electron chi connectivity index (χ3n) is 2.79. The molecule has 2 N–H and O–H groups in total. The van der Waals surface area contributed by atoms with Crippen molar-refractivity contribution in [3.63, 3.8) is 0 Å². The lowest BCUT2D eigenvalue weighted by Gasteiger charge is -2.08. The summed E-state index contributed by atoms with van der Waals surface area (Å²) in [4.78, 5) is 0. The zero-order valence-corrected chi connectivity index (χ0v) is 8.38. The van der Waals surface area contributed by atoms with Gasteiger partial charge in [-0.05, 0) is 18.8 Å². The Morgan fingerprint density at radius 2 is 2.25 bits per heavy atom. The first-order chi connectivity index (χ1) is 5.83. The Kier molecular flexibility index (Phi) is 4.62. The molecule has 12 heavy (non-hydrogen) atoms. The third-order valence-corrected chi connectivity index (χ3v) is 2.79. The van der Waals surface area contributed by atoms with Gasteiger partial charge in [-0.15, -0.1) is 0 Å². The van der Waals surface area contributed by atoms with Gasteiger partial charge in [0.25, 0.3) is 0 Å². The highest BCUT2D eigenvalue weighted by Gasteiger charge is 2.23. The number of methoxy groups -OCH3 is 1. The third kappa shape index (κ3) is 3.55. The average Bonchev–Trinajstić information content (AvgIpc) is 2.45. The Labute approximate surface area is 75.7 Å². The molecule has 1 saturated carbocycles. The van der Waals surface area contributed by atoms with Gasteiger partial charge in [-0.2, -0.15) is 0 Å². The van der Waals surface area contributed by atoms with Crippen LogP contribution in [0.15, 0.2) is 0 Å². The van der Waals surface area contributed by atoms with E-state index in [1.54, 1.807) is 7.11 Å². The molecule has 2 atom stereocenters. The van der Waals surface area contributed by atoms with Gasteiger partial charge in [0.2, 0.25) is 0 Å². The van der Waals surface area contributed by atoms with Crippen molar-refractivity contribution in [2.75, 3.05) is 20.3 Å². The van der Waals surface area contributed by atoms with Crippen LogP contribution in [-0.2, 0) is 4.74 Å². The number of quaternary nitrogens is 1. The summed E-state index contributed by atoms with van der Waals surface area (Å²) in [5, 5.41) is 2.50. The molecule has 0 amide bonds. The minimum absolute atomic E-state index is 0.914. The van der Waals surface area contributed by atoms with Gasteiger partial charge in [-0.3, -0.25) is 0 Å². The summed E-state index contributed by atoms with van der Waals surface area (Å²) >= 11 is 0. The minimum Gasteiger partial charge on any atom is -0.384 e. The SMILES string of the molecule is COCCC[NH2+][C@H]1CC[C@@H](C)C1. The van der Waals surface area contributed by atoms with E-state index in [-0.39, 0.29) is 0 Å². The number of hydrogen-bond acceptors (Lipinski definition) is 1. The summed E-state index contributed by atoms with van der Waals surface area (Å²) in [6.45, 7) is 4.52. The Balaban J connectivity index is 1.93. The molecule has 0 unspecified atom stereocenters. The molecule has 0 aromatic carbocycles. The molecule has 0 heterocycles. The second-order valence-electron chi connectivity index (χ2n) is 4.05. The summed E-state index contributed by atoms with van der Waals surface area (Å²) in [5.74, 6) is 0.966. The highest BCUT2D eigenvalue weighted by molar-refractivity contribution is 4.70. The summed E-state index contributed by atoms with van der Waals surface area (Å²) < 4.78 is 5.01. The lowest BCUT2D eigenvalue weighted by molar-refractivity contribution is -0.688. The van der Waals surface area contributed by atoms with Gasteiger partial charge in [0.15, 0.2) is 0 Å². The molecule has 0 aromatic heterocycles. The van der Waals surface area contributed by atoms with Gasteiger partial charge in [0.1, 0.15) is 0 Å². The van der Waals surface area contributed by atoms with Gasteiger partial charge in [-0.25, -0.2) is 0 Å². The molecule has 2 nitrogen and oxygen atoms in total. The van der Waals surface area contributed by atoms with E-state index in [0.717, 1.165) is 18.6 Å². The van der Waals surface area contributed by atoms with Gasteiger partial charge in [0.05, 0.1) is 19.2 Å². The Morgan fingerprint density at radius 1 is 1.42 bits per heavy atom. The first-order valence-corrected chi connectivity index (χ1v) is 5.15. The first kappa shape index (κ1) is 10.0. The summed E-state index contributed by atoms with van der Waals surface area (Å²) in [7, 11) is 1.78. The molecule has 1 rings (SSSR count). The van der Waals surface area contributed by atoms with Crippen LogP contribution in [0.5, 0.6) is 0 Å². The molecule has 1 aliphatic carbocycles. The second-order valence-corrected chi connectivity index (χ2v) is 4.05. The molecular weight excluding hydrogens is 150 g/mol. The van der Waals surface area contributed by atoms with Crippen molar-refractivity contribution in [2.45, 2.75) is 38.6 Å². The van der Waals surface area contributed by atoms with E-state index in [0.29, 0.717) is 0 Å². The highest BCUT2D eigenvalue weighted by Crippen LogP contribution is 2.21. The van der Waals surface area contributed by atoms with E-state index in [2.05, 4.69) is 12.2 Å². The molecule has 2 heteroatoms. The molecular formula is C10H22NO+. The van der Waals surface area contributed by atoms with E-state index in [9.17, 15) is 0 Å². The van der Waals surface area contributed by atoms with Crippen LogP contribution in [0.1, 0.15) is 32.6 Å². The fourth-order valence-electron chi connectivity index (χ4n) is 2.05. The van der Waals surface area contributed by atoms with E-state index in [4.69, 9.17) is 4.74 Å². The molecule has 0 aliphatic heterocycles. The van der Waals surface area contributed by atoms with Crippen LogP contribution < -0.4 is 5.32 Å². The monoisotopic (exact) mass is 172 g/mol. The first-order valence-electron chi connectivity index (χ1n) is 5.15. The molecule has 72 valence electrons. The number of ether oxygens (including phenoxy) is 1. The van der Waals surface area contributed by atoms with Crippen molar-refractivity contribution in [3.05, 3.63) is 0 Å². The molecule has 0 aromatic rings. The van der Waals surface area contributed by atoms with Crippen LogP contribution in [0.25, 0.3) is 0 Å². The van der Waals surface area contributed by atoms with Crippen LogP contribution in [0.4, 0.5) is 0 Å². The predicted molar refractivity (Wildman–Crippen MR) is 50.1 cm³/mol. The number of rotatable bonds is 5. The van der Waals surface area contributed by atoms with Crippen LogP contribution in [-0.4, -0.2) is 26.3 Å². The van der Waals surface area contributed by atoms with Crippen molar-refractivity contribution >= 4 is 0 Å². The van der Waals surface area contributed by atoms with Crippen molar-refractivity contribution in [2.24, 2.45) is 5.92 Å². The van der Waals surface area contributed by atoms with Gasteiger partial charge in [-0.1, -0.05) is 6.92 Å². The predicted octanol–water partition coefficient (Wildman–Crippen LogP) is 0.775. The van der Waals surface area contributed by atoms with Crippen molar-refractivity contribution in [1.82, 2.24) is 0 Å². The summed E-state index contributed by atoms with van der Waals surface area (Å²) in [5.41, 5.74) is 0. The smallest absolute Gasteiger partial charge is 0.0861 e. The molecule has 0 bridgehead atoms. The topological polar surface area (TPSA) is 25.8 Å².